The monoisotopic (exact) mass is 260 g/mol. The van der Waals surface area contributed by atoms with Gasteiger partial charge in [-0.3, -0.25) is 11.3 Å². The van der Waals surface area contributed by atoms with Crippen LogP contribution >= 0.6 is 11.3 Å². The van der Waals surface area contributed by atoms with Gasteiger partial charge in [-0.2, -0.15) is 0 Å². The molecule has 0 saturated heterocycles. The summed E-state index contributed by atoms with van der Waals surface area (Å²) in [4.78, 5) is 1.44. The van der Waals surface area contributed by atoms with Crippen LogP contribution in [0.1, 0.15) is 23.3 Å². The molecule has 0 saturated carbocycles. The first kappa shape index (κ1) is 13.3. The standard InChI is InChI=1S/C15H20N2S/c16-17-14(10-11-15-7-4-12-18-15)9-8-13-5-2-1-3-6-13/h1-7,12,14,17H,8-11,16H2. The van der Waals surface area contributed by atoms with Crippen LogP contribution in [0.3, 0.4) is 0 Å². The van der Waals surface area contributed by atoms with Crippen LogP contribution in [0.2, 0.25) is 0 Å². The molecule has 0 fully saturated rings. The van der Waals surface area contributed by atoms with E-state index in [2.05, 4.69) is 53.3 Å². The van der Waals surface area contributed by atoms with Gasteiger partial charge in [0.05, 0.1) is 0 Å². The minimum Gasteiger partial charge on any atom is -0.271 e. The van der Waals surface area contributed by atoms with Crippen molar-refractivity contribution in [2.75, 3.05) is 0 Å². The van der Waals surface area contributed by atoms with Crippen molar-refractivity contribution < 1.29 is 0 Å². The fourth-order valence-electron chi connectivity index (χ4n) is 2.07. The fourth-order valence-corrected chi connectivity index (χ4v) is 2.79. The Morgan fingerprint density at radius 3 is 2.44 bits per heavy atom. The molecule has 96 valence electrons. The minimum absolute atomic E-state index is 0.396. The molecule has 0 aliphatic carbocycles. The molecule has 0 aliphatic heterocycles. The maximum absolute atomic E-state index is 5.63. The SMILES string of the molecule is NNC(CCc1ccccc1)CCc1cccs1. The molecule has 0 spiro atoms. The highest BCUT2D eigenvalue weighted by atomic mass is 32.1. The molecule has 18 heavy (non-hydrogen) atoms. The first-order valence-corrected chi connectivity index (χ1v) is 7.29. The lowest BCUT2D eigenvalue weighted by Gasteiger charge is -2.15. The van der Waals surface area contributed by atoms with Crippen molar-refractivity contribution in [2.45, 2.75) is 31.7 Å². The summed E-state index contributed by atoms with van der Waals surface area (Å²) in [6, 6.07) is 15.3. The number of thiophene rings is 1. The third kappa shape index (κ3) is 4.26. The predicted octanol–water partition coefficient (Wildman–Crippen LogP) is 3.15. The minimum atomic E-state index is 0.396. The van der Waals surface area contributed by atoms with Crippen molar-refractivity contribution in [1.29, 1.82) is 0 Å². The topological polar surface area (TPSA) is 38.0 Å². The summed E-state index contributed by atoms with van der Waals surface area (Å²) in [5.41, 5.74) is 4.32. The lowest BCUT2D eigenvalue weighted by atomic mass is 10.0. The number of rotatable bonds is 7. The number of hydrogen-bond acceptors (Lipinski definition) is 3. The molecular weight excluding hydrogens is 240 g/mol. The molecule has 1 unspecified atom stereocenters. The number of aryl methyl sites for hydroxylation is 2. The first-order chi connectivity index (χ1) is 8.88. The molecule has 0 aliphatic rings. The van der Waals surface area contributed by atoms with E-state index >= 15 is 0 Å². The second kappa shape index (κ2) is 7.31. The van der Waals surface area contributed by atoms with Crippen LogP contribution < -0.4 is 11.3 Å². The Balaban J connectivity index is 1.75. The Labute approximate surface area is 113 Å². The molecular formula is C15H20N2S. The van der Waals surface area contributed by atoms with Gasteiger partial charge in [-0.25, -0.2) is 0 Å². The predicted molar refractivity (Wildman–Crippen MR) is 78.5 cm³/mol. The number of hydrazine groups is 1. The Bertz CT molecular complexity index is 425. The average Bonchev–Trinajstić information content (AvgIpc) is 2.93. The molecule has 3 heteroatoms. The molecule has 1 heterocycles. The van der Waals surface area contributed by atoms with E-state index in [0.29, 0.717) is 6.04 Å². The number of benzene rings is 1. The average molecular weight is 260 g/mol. The van der Waals surface area contributed by atoms with Gasteiger partial charge in [-0.15, -0.1) is 11.3 Å². The number of nitrogens with two attached hydrogens (primary N) is 1. The van der Waals surface area contributed by atoms with E-state index in [0.717, 1.165) is 25.7 Å². The van der Waals surface area contributed by atoms with Gasteiger partial charge in [-0.1, -0.05) is 36.4 Å². The molecule has 3 N–H and O–H groups in total. The van der Waals surface area contributed by atoms with Crippen LogP contribution in [0.5, 0.6) is 0 Å². The van der Waals surface area contributed by atoms with E-state index < -0.39 is 0 Å². The van der Waals surface area contributed by atoms with Gasteiger partial charge in [0.15, 0.2) is 0 Å². The van der Waals surface area contributed by atoms with Gasteiger partial charge in [-0.05, 0) is 42.7 Å². The summed E-state index contributed by atoms with van der Waals surface area (Å²) in [5.74, 6) is 5.63. The highest BCUT2D eigenvalue weighted by Gasteiger charge is 2.07. The molecule has 2 aromatic rings. The van der Waals surface area contributed by atoms with Crippen LogP contribution in [0.25, 0.3) is 0 Å². The summed E-state index contributed by atoms with van der Waals surface area (Å²) >= 11 is 1.82. The fraction of sp³-hybridized carbons (Fsp3) is 0.333. The number of nitrogens with one attached hydrogen (secondary N) is 1. The molecule has 1 aromatic heterocycles. The van der Waals surface area contributed by atoms with Crippen molar-refractivity contribution in [3.63, 3.8) is 0 Å². The van der Waals surface area contributed by atoms with Crippen LogP contribution in [0, 0.1) is 0 Å². The second-order valence-corrected chi connectivity index (χ2v) is 5.54. The summed E-state index contributed by atoms with van der Waals surface area (Å²) in [6.07, 6.45) is 4.39. The van der Waals surface area contributed by atoms with Gasteiger partial charge in [0, 0.05) is 10.9 Å². The molecule has 1 aromatic carbocycles. The lowest BCUT2D eigenvalue weighted by Crippen LogP contribution is -2.35. The third-order valence-electron chi connectivity index (χ3n) is 3.18. The summed E-state index contributed by atoms with van der Waals surface area (Å²) in [6.45, 7) is 0. The zero-order valence-corrected chi connectivity index (χ0v) is 11.3. The quantitative estimate of drug-likeness (QED) is 0.593. The normalized spacial score (nSPS) is 12.5. The highest BCUT2D eigenvalue weighted by molar-refractivity contribution is 7.09. The Morgan fingerprint density at radius 1 is 1.00 bits per heavy atom. The smallest absolute Gasteiger partial charge is 0.0217 e. The van der Waals surface area contributed by atoms with Gasteiger partial charge >= 0.3 is 0 Å². The molecule has 2 rings (SSSR count). The van der Waals surface area contributed by atoms with Crippen LogP contribution in [0.15, 0.2) is 47.8 Å². The molecule has 0 bridgehead atoms. The Kier molecular flexibility index (Phi) is 5.39. The first-order valence-electron chi connectivity index (χ1n) is 6.41. The van der Waals surface area contributed by atoms with Gasteiger partial charge in [0.2, 0.25) is 0 Å². The van der Waals surface area contributed by atoms with E-state index in [1.165, 1.54) is 10.4 Å². The van der Waals surface area contributed by atoms with Crippen LogP contribution in [-0.4, -0.2) is 6.04 Å². The Hall–Kier alpha value is -1.16. The zero-order chi connectivity index (χ0) is 12.6. The number of hydrogen-bond donors (Lipinski definition) is 2. The van der Waals surface area contributed by atoms with Gasteiger partial charge in [0.25, 0.3) is 0 Å². The van der Waals surface area contributed by atoms with Crippen LogP contribution in [-0.2, 0) is 12.8 Å². The van der Waals surface area contributed by atoms with Crippen molar-refractivity contribution in [3.05, 3.63) is 58.3 Å². The lowest BCUT2D eigenvalue weighted by molar-refractivity contribution is 0.465. The van der Waals surface area contributed by atoms with E-state index in [4.69, 9.17) is 5.84 Å². The second-order valence-electron chi connectivity index (χ2n) is 4.51. The van der Waals surface area contributed by atoms with Gasteiger partial charge in [0.1, 0.15) is 0 Å². The van der Waals surface area contributed by atoms with E-state index in [1.54, 1.807) is 0 Å². The van der Waals surface area contributed by atoms with Crippen molar-refractivity contribution in [2.24, 2.45) is 5.84 Å². The van der Waals surface area contributed by atoms with Crippen molar-refractivity contribution in [1.82, 2.24) is 5.43 Å². The van der Waals surface area contributed by atoms with Crippen molar-refractivity contribution >= 4 is 11.3 Å². The van der Waals surface area contributed by atoms with E-state index in [-0.39, 0.29) is 0 Å². The van der Waals surface area contributed by atoms with E-state index in [1.807, 2.05) is 11.3 Å². The molecule has 0 amide bonds. The maximum atomic E-state index is 5.63. The maximum Gasteiger partial charge on any atom is 0.0217 e. The van der Waals surface area contributed by atoms with Crippen LogP contribution in [0.4, 0.5) is 0 Å². The van der Waals surface area contributed by atoms with Gasteiger partial charge < -0.3 is 0 Å². The Morgan fingerprint density at radius 2 is 1.78 bits per heavy atom. The summed E-state index contributed by atoms with van der Waals surface area (Å²) < 4.78 is 0. The highest BCUT2D eigenvalue weighted by Crippen LogP contribution is 2.14. The summed E-state index contributed by atoms with van der Waals surface area (Å²) in [7, 11) is 0. The zero-order valence-electron chi connectivity index (χ0n) is 10.5. The molecule has 1 atom stereocenters. The largest absolute Gasteiger partial charge is 0.271 e. The summed E-state index contributed by atoms with van der Waals surface area (Å²) in [5, 5.41) is 2.13. The van der Waals surface area contributed by atoms with E-state index in [9.17, 15) is 0 Å². The van der Waals surface area contributed by atoms with Crippen molar-refractivity contribution in [3.8, 4) is 0 Å². The molecule has 2 nitrogen and oxygen atoms in total. The third-order valence-corrected chi connectivity index (χ3v) is 4.12. The molecule has 0 radical (unpaired) electrons.